The summed E-state index contributed by atoms with van der Waals surface area (Å²) in [7, 11) is 0. The van der Waals surface area contributed by atoms with E-state index in [4.69, 9.17) is 5.11 Å². The summed E-state index contributed by atoms with van der Waals surface area (Å²) in [6, 6.07) is 9.01. The molecule has 27 heavy (non-hydrogen) atoms. The van der Waals surface area contributed by atoms with Crippen molar-refractivity contribution < 1.29 is 9.90 Å². The highest BCUT2D eigenvalue weighted by Gasteiger charge is 2.47. The third-order valence-electron chi connectivity index (χ3n) is 6.82. The second kappa shape index (κ2) is 7.64. The number of nitrogens with zero attached hydrogens (tertiary/aromatic N) is 1. The van der Waals surface area contributed by atoms with Crippen LogP contribution in [0.15, 0.2) is 24.3 Å². The van der Waals surface area contributed by atoms with Crippen LogP contribution in [0, 0.1) is 5.41 Å². The van der Waals surface area contributed by atoms with Crippen molar-refractivity contribution in [3.63, 3.8) is 0 Å². The zero-order valence-electron chi connectivity index (χ0n) is 16.3. The molecule has 1 amide bonds. The lowest BCUT2D eigenvalue weighted by Gasteiger charge is -2.52. The molecule has 1 aromatic carbocycles. The number of nitrogens with one attached hydrogen (secondary N) is 2. The van der Waals surface area contributed by atoms with E-state index in [1.54, 1.807) is 0 Å². The van der Waals surface area contributed by atoms with Crippen molar-refractivity contribution in [3.8, 4) is 0 Å². The van der Waals surface area contributed by atoms with E-state index in [1.807, 2.05) is 0 Å². The number of aliphatic hydroxyl groups excluding tert-OH is 1. The normalized spacial score (nSPS) is 25.2. The summed E-state index contributed by atoms with van der Waals surface area (Å²) in [6.07, 6.45) is 6.00. The van der Waals surface area contributed by atoms with Gasteiger partial charge in [0.05, 0.1) is 12.6 Å². The summed E-state index contributed by atoms with van der Waals surface area (Å²) in [6.45, 7) is 4.89. The quantitative estimate of drug-likeness (QED) is 0.733. The number of fused-ring (bicyclic) bond motifs is 5. The van der Waals surface area contributed by atoms with Crippen molar-refractivity contribution >= 4 is 16.8 Å². The van der Waals surface area contributed by atoms with Gasteiger partial charge < -0.3 is 15.4 Å². The highest BCUT2D eigenvalue weighted by molar-refractivity contribution is 5.85. The van der Waals surface area contributed by atoms with Crippen LogP contribution in [0.4, 0.5) is 0 Å². The first-order chi connectivity index (χ1) is 13.2. The molecule has 5 heteroatoms. The average molecular weight is 370 g/mol. The van der Waals surface area contributed by atoms with Crippen LogP contribution in [0.1, 0.15) is 56.3 Å². The van der Waals surface area contributed by atoms with Crippen molar-refractivity contribution in [3.05, 3.63) is 35.5 Å². The molecule has 0 aliphatic carbocycles. The molecule has 0 saturated carbocycles. The number of hydrogen-bond acceptors (Lipinski definition) is 3. The number of aromatic amines is 1. The number of aliphatic hydroxyl groups is 1. The first-order valence-electron chi connectivity index (χ1n) is 10.4. The van der Waals surface area contributed by atoms with Gasteiger partial charge in [0.1, 0.15) is 0 Å². The number of hydrogen-bond donors (Lipinski definition) is 3. The highest BCUT2D eigenvalue weighted by atomic mass is 16.3. The maximum absolute atomic E-state index is 12.2. The molecule has 1 fully saturated rings. The molecule has 0 unspecified atom stereocenters. The van der Waals surface area contributed by atoms with Crippen LogP contribution >= 0.6 is 0 Å². The SMILES string of the molecule is CC[C@]1(CCC(=O)NCCO)CCCN2CCc3c([nH]c4ccccc34)[C@@H]21. The van der Waals surface area contributed by atoms with Crippen LogP contribution in [-0.2, 0) is 11.2 Å². The standard InChI is InChI=1S/C22H31N3O2/c1-2-22(11-8-19(27)23-12-15-26)10-5-13-25-14-9-17-16-6-3-4-7-18(16)24-20(17)21(22)25/h3-4,6-7,21,24,26H,2,5,8-15H2,1H3,(H,23,27)/t21-,22-/m1/s1. The van der Waals surface area contributed by atoms with Gasteiger partial charge in [-0.05, 0) is 55.7 Å². The van der Waals surface area contributed by atoms with Gasteiger partial charge in [-0.3, -0.25) is 9.69 Å². The Morgan fingerprint density at radius 1 is 1.37 bits per heavy atom. The fourth-order valence-corrected chi connectivity index (χ4v) is 5.45. The van der Waals surface area contributed by atoms with Crippen molar-refractivity contribution in [2.45, 2.75) is 51.5 Å². The maximum atomic E-state index is 12.2. The van der Waals surface area contributed by atoms with Gasteiger partial charge in [0.15, 0.2) is 0 Å². The molecule has 146 valence electrons. The van der Waals surface area contributed by atoms with Gasteiger partial charge >= 0.3 is 0 Å². The van der Waals surface area contributed by atoms with Crippen LogP contribution in [0.5, 0.6) is 0 Å². The number of carbonyl (C=O) groups excluding carboxylic acids is 1. The van der Waals surface area contributed by atoms with Crippen molar-refractivity contribution in [2.75, 3.05) is 26.2 Å². The Bertz CT molecular complexity index is 815. The number of H-pyrrole nitrogens is 1. The van der Waals surface area contributed by atoms with E-state index in [2.05, 4.69) is 46.4 Å². The topological polar surface area (TPSA) is 68.4 Å². The number of piperidine rings is 1. The molecule has 2 aliphatic heterocycles. The Labute approximate surface area is 161 Å². The van der Waals surface area contributed by atoms with Crippen molar-refractivity contribution in [2.24, 2.45) is 5.41 Å². The average Bonchev–Trinajstić information content (AvgIpc) is 3.09. The van der Waals surface area contributed by atoms with Crippen LogP contribution in [-0.4, -0.2) is 47.1 Å². The Balaban J connectivity index is 1.66. The molecule has 0 spiro atoms. The molecular weight excluding hydrogens is 338 g/mol. The summed E-state index contributed by atoms with van der Waals surface area (Å²) in [4.78, 5) is 18.6. The third kappa shape index (κ3) is 3.27. The van der Waals surface area contributed by atoms with Crippen LogP contribution in [0.3, 0.4) is 0 Å². The van der Waals surface area contributed by atoms with E-state index in [-0.39, 0.29) is 17.9 Å². The molecule has 2 atom stereocenters. The van der Waals surface area contributed by atoms with Crippen LogP contribution in [0.2, 0.25) is 0 Å². The molecule has 3 heterocycles. The van der Waals surface area contributed by atoms with Crippen LogP contribution in [0.25, 0.3) is 10.9 Å². The number of para-hydroxylation sites is 1. The first kappa shape index (κ1) is 18.5. The number of rotatable bonds is 6. The van der Waals surface area contributed by atoms with E-state index < -0.39 is 0 Å². The number of amides is 1. The lowest BCUT2D eigenvalue weighted by Crippen LogP contribution is -2.49. The van der Waals surface area contributed by atoms with Gasteiger partial charge in [-0.1, -0.05) is 25.1 Å². The van der Waals surface area contributed by atoms with Gasteiger partial charge in [-0.25, -0.2) is 0 Å². The Hall–Kier alpha value is -1.85. The predicted molar refractivity (Wildman–Crippen MR) is 108 cm³/mol. The fourth-order valence-electron chi connectivity index (χ4n) is 5.45. The highest BCUT2D eigenvalue weighted by Crippen LogP contribution is 2.53. The summed E-state index contributed by atoms with van der Waals surface area (Å²) < 4.78 is 0. The van der Waals surface area contributed by atoms with E-state index in [0.29, 0.717) is 19.0 Å². The van der Waals surface area contributed by atoms with Gasteiger partial charge in [-0.15, -0.1) is 0 Å². The molecule has 0 radical (unpaired) electrons. The summed E-state index contributed by atoms with van der Waals surface area (Å²) in [5.74, 6) is 0.0571. The summed E-state index contributed by atoms with van der Waals surface area (Å²) in [5.41, 5.74) is 4.24. The number of benzene rings is 1. The van der Waals surface area contributed by atoms with E-state index in [9.17, 15) is 4.79 Å². The largest absolute Gasteiger partial charge is 0.395 e. The zero-order valence-corrected chi connectivity index (χ0v) is 16.3. The lowest BCUT2D eigenvalue weighted by molar-refractivity contribution is -0.122. The Kier molecular flexibility index (Phi) is 5.24. The molecule has 1 aromatic heterocycles. The number of carbonyl (C=O) groups is 1. The molecular formula is C22H31N3O2. The maximum Gasteiger partial charge on any atom is 0.220 e. The minimum absolute atomic E-state index is 0.000508. The van der Waals surface area contributed by atoms with Crippen molar-refractivity contribution in [1.82, 2.24) is 15.2 Å². The smallest absolute Gasteiger partial charge is 0.220 e. The predicted octanol–water partition coefficient (Wildman–Crippen LogP) is 3.15. The van der Waals surface area contributed by atoms with E-state index >= 15 is 0 Å². The van der Waals surface area contributed by atoms with Crippen LogP contribution < -0.4 is 5.32 Å². The van der Waals surface area contributed by atoms with Gasteiger partial charge in [0, 0.05) is 36.1 Å². The monoisotopic (exact) mass is 369 g/mol. The van der Waals surface area contributed by atoms with E-state index in [0.717, 1.165) is 32.4 Å². The van der Waals surface area contributed by atoms with Gasteiger partial charge in [0.25, 0.3) is 0 Å². The minimum Gasteiger partial charge on any atom is -0.395 e. The molecule has 2 aliphatic rings. The second-order valence-electron chi connectivity index (χ2n) is 8.14. The van der Waals surface area contributed by atoms with Gasteiger partial charge in [-0.2, -0.15) is 0 Å². The molecule has 1 saturated heterocycles. The first-order valence-corrected chi connectivity index (χ1v) is 10.4. The molecule has 4 rings (SSSR count). The van der Waals surface area contributed by atoms with Crippen molar-refractivity contribution in [1.29, 1.82) is 0 Å². The molecule has 3 N–H and O–H groups in total. The van der Waals surface area contributed by atoms with Gasteiger partial charge in [0.2, 0.25) is 5.91 Å². The lowest BCUT2D eigenvalue weighted by atomic mass is 9.65. The second-order valence-corrected chi connectivity index (χ2v) is 8.14. The number of aromatic nitrogens is 1. The molecule has 5 nitrogen and oxygen atoms in total. The summed E-state index contributed by atoms with van der Waals surface area (Å²) >= 11 is 0. The minimum atomic E-state index is -0.000508. The van der Waals surface area contributed by atoms with E-state index in [1.165, 1.54) is 35.0 Å². The molecule has 2 aromatic rings. The Morgan fingerprint density at radius 3 is 3.04 bits per heavy atom. The fraction of sp³-hybridized carbons (Fsp3) is 0.591. The third-order valence-corrected chi connectivity index (χ3v) is 6.82. The summed E-state index contributed by atoms with van der Waals surface area (Å²) in [5, 5.41) is 13.1. The Morgan fingerprint density at radius 2 is 2.22 bits per heavy atom. The zero-order chi connectivity index (χ0) is 18.9. The molecule has 0 bridgehead atoms.